The van der Waals surface area contributed by atoms with Crippen LogP contribution in [-0.4, -0.2) is 63.0 Å². The molecule has 0 radical (unpaired) electrons. The number of aromatic hydroxyl groups is 1. The molecular weight excluding hydrogens is 452 g/mol. The molecule has 0 saturated carbocycles. The topological polar surface area (TPSA) is 70.3 Å². The average molecular weight is 480 g/mol. The molecule has 0 atom stereocenters. The van der Waals surface area contributed by atoms with E-state index < -0.39 is 6.98 Å². The van der Waals surface area contributed by atoms with Crippen molar-refractivity contribution in [2.45, 2.75) is 18.9 Å². The second-order valence-corrected chi connectivity index (χ2v) is 9.58. The van der Waals surface area contributed by atoms with E-state index in [1.54, 1.807) is 23.5 Å². The van der Waals surface area contributed by atoms with E-state index in [4.69, 9.17) is 14.1 Å². The standard InChI is InChI=1S/C21H24N6OS2.ClH/c1-25-9-7-14(8-10-25)27(3)21-24-20-19(30-21)23-18(29-20)17-15(5-4-6-16(17)28)13-11-22-26(2)12-13;/h4-6,11-12,14,28H,7-10H2,1-3H3;1H/i2D3;. The predicted molar refractivity (Wildman–Crippen MR) is 131 cm³/mol. The quantitative estimate of drug-likeness (QED) is 0.465. The van der Waals surface area contributed by atoms with Crippen LogP contribution in [0.3, 0.4) is 0 Å². The van der Waals surface area contributed by atoms with E-state index in [2.05, 4.69) is 29.0 Å². The van der Waals surface area contributed by atoms with Gasteiger partial charge in [0.15, 0.2) is 14.8 Å². The Bertz CT molecular complexity index is 1260. The van der Waals surface area contributed by atoms with Gasteiger partial charge in [0, 0.05) is 35.9 Å². The van der Waals surface area contributed by atoms with Crippen LogP contribution in [0.2, 0.25) is 0 Å². The monoisotopic (exact) mass is 479 g/mol. The van der Waals surface area contributed by atoms with Crippen LogP contribution in [0, 0.1) is 0 Å². The van der Waals surface area contributed by atoms with E-state index in [0.29, 0.717) is 27.7 Å². The summed E-state index contributed by atoms with van der Waals surface area (Å²) in [5, 5.41) is 16.3. The third kappa shape index (κ3) is 4.15. The zero-order valence-electron chi connectivity index (χ0n) is 20.1. The van der Waals surface area contributed by atoms with Crippen molar-refractivity contribution in [1.82, 2.24) is 24.6 Å². The van der Waals surface area contributed by atoms with E-state index in [-0.39, 0.29) is 18.2 Å². The molecule has 1 saturated heterocycles. The molecule has 1 N–H and O–H groups in total. The van der Waals surface area contributed by atoms with E-state index >= 15 is 0 Å². The van der Waals surface area contributed by atoms with E-state index in [9.17, 15) is 5.11 Å². The number of nitrogens with zero attached hydrogens (tertiary/aromatic N) is 6. The highest BCUT2D eigenvalue weighted by Gasteiger charge is 2.24. The van der Waals surface area contributed by atoms with Crippen molar-refractivity contribution in [3.8, 4) is 27.4 Å². The Balaban J connectivity index is 0.00000274. The summed E-state index contributed by atoms with van der Waals surface area (Å²) in [6, 6.07) is 5.64. The van der Waals surface area contributed by atoms with Crippen LogP contribution in [0.1, 0.15) is 17.0 Å². The van der Waals surface area contributed by atoms with Gasteiger partial charge < -0.3 is 14.9 Å². The summed E-state index contributed by atoms with van der Waals surface area (Å²) in [5.74, 6) is 0.0826. The average Bonchev–Trinajstić information content (AvgIpc) is 3.48. The SMILES string of the molecule is Cl.[2H]C([2H])([2H])n1cc(-c2cccc(O)c2-c2nc3sc(N(C)C4CCN(C)CC4)nc3s2)cn1. The molecule has 0 spiro atoms. The number of halogens is 1. The largest absolute Gasteiger partial charge is 0.507 e. The molecule has 1 aliphatic rings. The highest BCUT2D eigenvalue weighted by Crippen LogP contribution is 2.43. The molecule has 164 valence electrons. The lowest BCUT2D eigenvalue weighted by atomic mass is 10.0. The van der Waals surface area contributed by atoms with Crippen molar-refractivity contribution >= 4 is 49.9 Å². The molecule has 31 heavy (non-hydrogen) atoms. The first kappa shape index (κ1) is 18.4. The molecule has 0 amide bonds. The van der Waals surface area contributed by atoms with Gasteiger partial charge >= 0.3 is 0 Å². The number of hydrogen-bond acceptors (Lipinski definition) is 8. The summed E-state index contributed by atoms with van der Waals surface area (Å²) in [6.45, 7) is -0.184. The number of rotatable bonds is 4. The molecule has 3 aromatic heterocycles. The van der Waals surface area contributed by atoms with Gasteiger partial charge in [-0.15, -0.1) is 12.4 Å². The van der Waals surface area contributed by atoms with E-state index in [1.807, 2.05) is 6.07 Å². The van der Waals surface area contributed by atoms with Crippen molar-refractivity contribution in [2.75, 3.05) is 32.1 Å². The third-order valence-electron chi connectivity index (χ3n) is 5.65. The van der Waals surface area contributed by atoms with Crippen molar-refractivity contribution in [3.63, 3.8) is 0 Å². The lowest BCUT2D eigenvalue weighted by Crippen LogP contribution is -2.41. The lowest BCUT2D eigenvalue weighted by molar-refractivity contribution is 0.253. The molecule has 0 aliphatic carbocycles. The van der Waals surface area contributed by atoms with Gasteiger partial charge in [0.2, 0.25) is 0 Å². The fraction of sp³-hybridized carbons (Fsp3) is 0.381. The summed E-state index contributed by atoms with van der Waals surface area (Å²) in [4.78, 5) is 15.9. The number of aromatic nitrogens is 4. The third-order valence-corrected chi connectivity index (χ3v) is 7.79. The highest BCUT2D eigenvalue weighted by atomic mass is 35.5. The van der Waals surface area contributed by atoms with Gasteiger partial charge in [0.1, 0.15) is 10.8 Å². The van der Waals surface area contributed by atoms with Crippen molar-refractivity contribution in [1.29, 1.82) is 0 Å². The minimum atomic E-state index is -2.36. The predicted octanol–water partition coefficient (Wildman–Crippen LogP) is 4.48. The van der Waals surface area contributed by atoms with Crippen molar-refractivity contribution < 1.29 is 9.22 Å². The van der Waals surface area contributed by atoms with Gasteiger partial charge in [-0.3, -0.25) is 4.68 Å². The minimum absolute atomic E-state index is 0. The number of aryl methyl sites for hydroxylation is 1. The molecule has 5 rings (SSSR count). The van der Waals surface area contributed by atoms with Crippen LogP contribution in [0.4, 0.5) is 5.13 Å². The van der Waals surface area contributed by atoms with E-state index in [0.717, 1.165) is 45.4 Å². The minimum Gasteiger partial charge on any atom is -0.507 e. The fourth-order valence-electron chi connectivity index (χ4n) is 3.89. The smallest absolute Gasteiger partial charge is 0.188 e. The maximum Gasteiger partial charge on any atom is 0.188 e. The number of phenolic OH excluding ortho intramolecular Hbond substituents is 1. The fourth-order valence-corrected chi connectivity index (χ4v) is 6.04. The van der Waals surface area contributed by atoms with E-state index in [1.165, 1.54) is 23.7 Å². The summed E-state index contributed by atoms with van der Waals surface area (Å²) < 4.78 is 23.6. The van der Waals surface area contributed by atoms with Gasteiger partial charge in [-0.1, -0.05) is 34.8 Å². The number of benzene rings is 1. The number of phenols is 1. The maximum absolute atomic E-state index is 10.7. The summed E-state index contributed by atoms with van der Waals surface area (Å²) in [6.07, 6.45) is 5.19. The lowest BCUT2D eigenvalue weighted by Gasteiger charge is -2.34. The normalized spacial score (nSPS) is 17.2. The Morgan fingerprint density at radius 1 is 1.19 bits per heavy atom. The Hall–Kier alpha value is -2.20. The molecule has 7 nitrogen and oxygen atoms in total. The van der Waals surface area contributed by atoms with Gasteiger partial charge in [-0.05, 0) is 44.6 Å². The van der Waals surface area contributed by atoms with Crippen LogP contribution >= 0.6 is 35.1 Å². The second kappa shape index (κ2) is 8.74. The number of piperidine rings is 1. The molecular formula is C21H25ClN6OS2. The van der Waals surface area contributed by atoms with Crippen LogP contribution in [-0.2, 0) is 6.98 Å². The van der Waals surface area contributed by atoms with Crippen LogP contribution in [0.5, 0.6) is 5.75 Å². The number of fused-ring (bicyclic) bond motifs is 1. The van der Waals surface area contributed by atoms with Crippen LogP contribution in [0.15, 0.2) is 30.6 Å². The van der Waals surface area contributed by atoms with Gasteiger partial charge in [0.25, 0.3) is 0 Å². The summed E-state index contributed by atoms with van der Waals surface area (Å²) >= 11 is 2.98. The molecule has 1 aromatic carbocycles. The first-order valence-corrected chi connectivity index (χ1v) is 11.4. The Morgan fingerprint density at radius 3 is 2.68 bits per heavy atom. The molecule has 1 aliphatic heterocycles. The number of thiazole rings is 2. The zero-order chi connectivity index (χ0) is 23.3. The van der Waals surface area contributed by atoms with Crippen LogP contribution in [0.25, 0.3) is 31.4 Å². The van der Waals surface area contributed by atoms with Crippen molar-refractivity contribution in [2.24, 2.45) is 6.98 Å². The first-order valence-electron chi connectivity index (χ1n) is 11.3. The van der Waals surface area contributed by atoms with Gasteiger partial charge in [-0.25, -0.2) is 9.97 Å². The van der Waals surface area contributed by atoms with Gasteiger partial charge in [-0.2, -0.15) is 5.10 Å². The number of likely N-dealkylation sites (tertiary alicyclic amines) is 1. The Labute approximate surface area is 199 Å². The zero-order valence-corrected chi connectivity index (χ0v) is 19.6. The number of anilines is 1. The Morgan fingerprint density at radius 2 is 1.97 bits per heavy atom. The second-order valence-electron chi connectivity index (χ2n) is 7.64. The summed E-state index contributed by atoms with van der Waals surface area (Å²) in [5.41, 5.74) is 1.84. The maximum atomic E-state index is 10.7. The molecule has 4 heterocycles. The molecule has 1 fully saturated rings. The molecule has 10 heteroatoms. The molecule has 4 aromatic rings. The van der Waals surface area contributed by atoms with Crippen molar-refractivity contribution in [3.05, 3.63) is 30.6 Å². The molecule has 0 unspecified atom stereocenters. The number of hydrogen-bond donors (Lipinski definition) is 1. The molecule has 0 bridgehead atoms. The summed E-state index contributed by atoms with van der Waals surface area (Å²) in [7, 11) is 4.26. The Kier molecular flexibility index (Phi) is 5.18. The van der Waals surface area contributed by atoms with Gasteiger partial charge in [0.05, 0.1) is 11.8 Å². The van der Waals surface area contributed by atoms with Crippen LogP contribution < -0.4 is 4.90 Å². The highest BCUT2D eigenvalue weighted by molar-refractivity contribution is 7.29. The first-order chi connectivity index (χ1) is 15.7.